The van der Waals surface area contributed by atoms with E-state index in [1.54, 1.807) is 21.1 Å². The Morgan fingerprint density at radius 1 is 0.477 bits per heavy atom. The molecule has 0 amide bonds. The van der Waals surface area contributed by atoms with E-state index in [0.717, 1.165) is 122 Å². The summed E-state index contributed by atoms with van der Waals surface area (Å²) in [5.41, 5.74) is 0. The highest BCUT2D eigenvalue weighted by Crippen LogP contribution is 2.12. The smallest absolute Gasteiger partial charge is 0.306 e. The number of carbonyl (C=O) groups is 3. The summed E-state index contributed by atoms with van der Waals surface area (Å²) in [5.74, 6) is -1.80. The summed E-state index contributed by atoms with van der Waals surface area (Å²) in [6.07, 6.45) is 64.0. The first-order chi connectivity index (χ1) is 31.6. The second-order valence-electron chi connectivity index (χ2n) is 17.7. The fourth-order valence-corrected chi connectivity index (χ4v) is 6.73. The van der Waals surface area contributed by atoms with Gasteiger partial charge < -0.3 is 28.6 Å². The van der Waals surface area contributed by atoms with Crippen molar-refractivity contribution in [3.63, 3.8) is 0 Å². The van der Waals surface area contributed by atoms with E-state index in [1.165, 1.54) is 25.7 Å². The number of rotatable bonds is 44. The molecule has 0 aromatic carbocycles. The predicted molar refractivity (Wildman–Crippen MR) is 272 cm³/mol. The lowest BCUT2D eigenvalue weighted by atomic mass is 10.1. The third-order valence-electron chi connectivity index (χ3n) is 10.6. The zero-order valence-electron chi connectivity index (χ0n) is 41.9. The van der Waals surface area contributed by atoms with Crippen LogP contribution >= 0.6 is 0 Å². The molecule has 0 aliphatic carbocycles. The van der Waals surface area contributed by atoms with Crippen molar-refractivity contribution in [1.29, 1.82) is 0 Å². The van der Waals surface area contributed by atoms with Crippen LogP contribution in [0.25, 0.3) is 0 Å². The van der Waals surface area contributed by atoms with E-state index >= 15 is 0 Å². The molecule has 0 aliphatic rings. The van der Waals surface area contributed by atoms with Gasteiger partial charge in [-0.05, 0) is 103 Å². The first-order valence-corrected chi connectivity index (χ1v) is 25.4. The summed E-state index contributed by atoms with van der Waals surface area (Å²) in [7, 11) is 5.39. The maximum absolute atomic E-state index is 12.8. The molecule has 0 saturated heterocycles. The highest BCUT2D eigenvalue weighted by Gasteiger charge is 2.25. The van der Waals surface area contributed by atoms with Crippen molar-refractivity contribution < 1.29 is 38.2 Å². The minimum Gasteiger partial charge on any atom is -0.544 e. The predicted octanol–water partition coefficient (Wildman–Crippen LogP) is 13.5. The Balaban J connectivity index is 4.38. The summed E-state index contributed by atoms with van der Waals surface area (Å²) in [6.45, 7) is 4.46. The first kappa shape index (κ1) is 61.0. The molecular weight excluding hydrogens is 811 g/mol. The number of carboxylic acid groups (broad SMARTS) is 1. The van der Waals surface area contributed by atoms with Crippen LogP contribution in [0.5, 0.6) is 0 Å². The lowest BCUT2D eigenvalue weighted by Crippen LogP contribution is -2.55. The molecule has 0 spiro atoms. The fourth-order valence-electron chi connectivity index (χ4n) is 6.73. The minimum absolute atomic E-state index is 0.0165. The normalized spacial score (nSPS) is 13.8. The quantitative estimate of drug-likeness (QED) is 0.0260. The van der Waals surface area contributed by atoms with Crippen LogP contribution < -0.4 is 5.11 Å². The number of quaternary nitrogens is 1. The Labute approximate surface area is 398 Å². The lowest BCUT2D eigenvalue weighted by Gasteiger charge is -2.34. The van der Waals surface area contributed by atoms with Crippen LogP contribution in [0.1, 0.15) is 181 Å². The van der Waals surface area contributed by atoms with Gasteiger partial charge in [-0.2, -0.15) is 0 Å². The van der Waals surface area contributed by atoms with E-state index in [2.05, 4.69) is 123 Å². The third-order valence-corrected chi connectivity index (χ3v) is 10.6. The second kappa shape index (κ2) is 46.5. The molecule has 0 rings (SSSR count). The molecule has 0 radical (unpaired) electrons. The molecule has 0 saturated carbocycles. The van der Waals surface area contributed by atoms with E-state index in [4.69, 9.17) is 14.2 Å². The van der Waals surface area contributed by atoms with E-state index in [9.17, 15) is 19.5 Å². The highest BCUT2D eigenvalue weighted by molar-refractivity contribution is 5.70. The molecule has 2 atom stereocenters. The van der Waals surface area contributed by atoms with Crippen LogP contribution in [0.4, 0.5) is 0 Å². The minimum atomic E-state index is -1.14. The number of carboxylic acids is 1. The van der Waals surface area contributed by atoms with E-state index < -0.39 is 18.1 Å². The molecule has 8 nitrogen and oxygen atoms in total. The van der Waals surface area contributed by atoms with Gasteiger partial charge in [0.2, 0.25) is 0 Å². The largest absolute Gasteiger partial charge is 0.544 e. The number of ether oxygens (including phenoxy) is 3. The summed E-state index contributed by atoms with van der Waals surface area (Å²) < 4.78 is 17.2. The Morgan fingerprint density at radius 3 is 1.28 bits per heavy atom. The SMILES string of the molecule is CC/C=C/C/C=C/C/C=C/C/C=C/C/C=C/CCCCCCC(=O)OC(COCCC(C(=O)[O-])[N+](C)(C)C)COC(=O)CCCCCCC/C=C/C/C=C/C/C=C/C/C=C/CCCCC. The Bertz CT molecular complexity index is 1420. The lowest BCUT2D eigenvalue weighted by molar-refractivity contribution is -0.889. The van der Waals surface area contributed by atoms with Crippen molar-refractivity contribution in [3.8, 4) is 0 Å². The molecular formula is C57H93NO7. The van der Waals surface area contributed by atoms with Crippen LogP contribution in [0.3, 0.4) is 0 Å². The summed E-state index contributed by atoms with van der Waals surface area (Å²) in [5, 5.41) is 11.7. The van der Waals surface area contributed by atoms with E-state index in [-0.39, 0.29) is 49.1 Å². The van der Waals surface area contributed by atoms with Crippen LogP contribution in [0, 0.1) is 0 Å². The van der Waals surface area contributed by atoms with Gasteiger partial charge in [-0.15, -0.1) is 0 Å². The summed E-state index contributed by atoms with van der Waals surface area (Å²) in [6, 6.07) is -0.742. The number of allylic oxidation sites excluding steroid dienone is 18. The molecule has 0 heterocycles. The standard InChI is InChI=1S/C57H93NO7/c1-6-8-10-12-14-16-18-20-22-24-26-28-30-31-33-35-37-39-41-43-45-47-55(59)64-52-53(51-63-50-49-54(57(61)62)58(3,4)5)65-56(60)48-46-44-42-40-38-36-34-32-29-27-25-23-21-19-17-15-13-11-9-7-2/h9,11,14-17,20-23,26-29,31,33-34,36,53-54H,6-8,10,12-13,18-19,24-25,30,32,35,37-52H2,1-5H3/b11-9+,16-14+,17-15+,22-20+,23-21+,28-26+,29-27+,33-31+,36-34+. The Kier molecular flexibility index (Phi) is 43.6. The molecule has 0 fully saturated rings. The van der Waals surface area contributed by atoms with Gasteiger partial charge in [0.15, 0.2) is 6.10 Å². The van der Waals surface area contributed by atoms with Gasteiger partial charge in [-0.1, -0.05) is 168 Å². The van der Waals surface area contributed by atoms with Crippen molar-refractivity contribution in [1.82, 2.24) is 0 Å². The summed E-state index contributed by atoms with van der Waals surface area (Å²) >= 11 is 0. The maximum Gasteiger partial charge on any atom is 0.306 e. The number of carbonyl (C=O) groups excluding carboxylic acids is 3. The van der Waals surface area contributed by atoms with Crippen molar-refractivity contribution in [2.24, 2.45) is 0 Å². The van der Waals surface area contributed by atoms with Crippen molar-refractivity contribution in [3.05, 3.63) is 109 Å². The van der Waals surface area contributed by atoms with Crippen LogP contribution in [-0.4, -0.2) is 75.5 Å². The average molecular weight is 904 g/mol. The van der Waals surface area contributed by atoms with Crippen LogP contribution in [-0.2, 0) is 28.6 Å². The van der Waals surface area contributed by atoms with Gasteiger partial charge >= 0.3 is 11.9 Å². The zero-order chi connectivity index (χ0) is 47.7. The van der Waals surface area contributed by atoms with Gasteiger partial charge in [0.1, 0.15) is 12.6 Å². The highest BCUT2D eigenvalue weighted by atomic mass is 16.6. The Morgan fingerprint density at radius 2 is 0.862 bits per heavy atom. The number of unbranched alkanes of at least 4 members (excludes halogenated alkanes) is 12. The van der Waals surface area contributed by atoms with Gasteiger partial charge in [-0.3, -0.25) is 9.59 Å². The van der Waals surface area contributed by atoms with Gasteiger partial charge in [0.05, 0.1) is 40.3 Å². The van der Waals surface area contributed by atoms with Crippen molar-refractivity contribution >= 4 is 17.9 Å². The number of esters is 2. The summed E-state index contributed by atoms with van der Waals surface area (Å²) in [4.78, 5) is 37.0. The third kappa shape index (κ3) is 45.0. The number of hydrogen-bond acceptors (Lipinski definition) is 7. The molecule has 0 bridgehead atoms. The average Bonchev–Trinajstić information content (AvgIpc) is 3.27. The number of likely N-dealkylation sites (N-methyl/N-ethyl adjacent to an activating group) is 1. The monoisotopic (exact) mass is 904 g/mol. The molecule has 0 aromatic rings. The number of aliphatic carboxylic acids is 1. The van der Waals surface area contributed by atoms with Gasteiger partial charge in [-0.25, -0.2) is 0 Å². The van der Waals surface area contributed by atoms with Crippen LogP contribution in [0.15, 0.2) is 109 Å². The molecule has 65 heavy (non-hydrogen) atoms. The molecule has 0 N–H and O–H groups in total. The van der Waals surface area contributed by atoms with Crippen molar-refractivity contribution in [2.45, 2.75) is 193 Å². The van der Waals surface area contributed by atoms with Crippen LogP contribution in [0.2, 0.25) is 0 Å². The van der Waals surface area contributed by atoms with E-state index in [1.807, 2.05) is 0 Å². The molecule has 368 valence electrons. The number of hydrogen-bond donors (Lipinski definition) is 0. The molecule has 8 heteroatoms. The number of nitrogens with zero attached hydrogens (tertiary/aromatic N) is 1. The fraction of sp³-hybridized carbons (Fsp3) is 0.632. The van der Waals surface area contributed by atoms with Gasteiger partial charge in [0, 0.05) is 19.3 Å². The first-order valence-electron chi connectivity index (χ1n) is 25.4. The second-order valence-corrected chi connectivity index (χ2v) is 17.7. The Hall–Kier alpha value is -4.01. The zero-order valence-corrected chi connectivity index (χ0v) is 41.9. The van der Waals surface area contributed by atoms with E-state index in [0.29, 0.717) is 6.42 Å². The topological polar surface area (TPSA) is 102 Å². The molecule has 2 unspecified atom stereocenters. The molecule has 0 aliphatic heterocycles. The maximum atomic E-state index is 12.8. The molecule has 0 aromatic heterocycles. The van der Waals surface area contributed by atoms with Gasteiger partial charge in [0.25, 0.3) is 0 Å². The van der Waals surface area contributed by atoms with Crippen molar-refractivity contribution in [2.75, 3.05) is 41.0 Å².